The number of benzene rings is 2. The zero-order valence-electron chi connectivity index (χ0n) is 14.6. The average molecular weight is 381 g/mol. The molecule has 0 saturated carbocycles. The third kappa shape index (κ3) is 4.52. The Hall–Kier alpha value is -2.05. The van der Waals surface area contributed by atoms with Crippen LogP contribution in [0.5, 0.6) is 0 Å². The van der Waals surface area contributed by atoms with E-state index >= 15 is 0 Å². The second-order valence-electron chi connectivity index (χ2n) is 5.99. The van der Waals surface area contributed by atoms with Gasteiger partial charge in [-0.15, -0.1) is 0 Å². The lowest BCUT2D eigenvalue weighted by atomic mass is 10.1. The van der Waals surface area contributed by atoms with E-state index < -0.39 is 22.0 Å². The summed E-state index contributed by atoms with van der Waals surface area (Å²) >= 11 is 6.06. The first-order valence-electron chi connectivity index (χ1n) is 7.73. The molecule has 0 spiro atoms. The third-order valence-corrected chi connectivity index (χ3v) is 5.38. The highest BCUT2D eigenvalue weighted by Crippen LogP contribution is 2.27. The van der Waals surface area contributed by atoms with Gasteiger partial charge in [0.1, 0.15) is 6.04 Å². The number of aryl methyl sites for hydroxylation is 2. The van der Waals surface area contributed by atoms with Gasteiger partial charge in [0.2, 0.25) is 15.9 Å². The summed E-state index contributed by atoms with van der Waals surface area (Å²) in [5, 5.41) is 3.08. The number of nitrogens with one attached hydrogen (secondary N) is 1. The lowest BCUT2D eigenvalue weighted by Crippen LogP contribution is -2.45. The highest BCUT2D eigenvalue weighted by atomic mass is 35.5. The third-order valence-electron chi connectivity index (χ3n) is 3.82. The van der Waals surface area contributed by atoms with Gasteiger partial charge in [0.15, 0.2) is 0 Å². The summed E-state index contributed by atoms with van der Waals surface area (Å²) < 4.78 is 25.9. The van der Waals surface area contributed by atoms with Crippen molar-refractivity contribution in [3.8, 4) is 0 Å². The van der Waals surface area contributed by atoms with E-state index in [-0.39, 0.29) is 0 Å². The van der Waals surface area contributed by atoms with Gasteiger partial charge in [0.25, 0.3) is 0 Å². The van der Waals surface area contributed by atoms with E-state index in [2.05, 4.69) is 5.32 Å². The highest BCUT2D eigenvalue weighted by molar-refractivity contribution is 7.92. The topological polar surface area (TPSA) is 66.5 Å². The molecule has 25 heavy (non-hydrogen) atoms. The zero-order valence-corrected chi connectivity index (χ0v) is 16.1. The Morgan fingerprint density at radius 1 is 1.16 bits per heavy atom. The van der Waals surface area contributed by atoms with E-state index in [0.717, 1.165) is 21.7 Å². The molecule has 0 heterocycles. The SMILES string of the molecule is Cc1ccc(C)c(N([C@H](C)C(=O)Nc2ccccc2Cl)S(C)(=O)=O)c1. The van der Waals surface area contributed by atoms with Crippen molar-refractivity contribution in [2.45, 2.75) is 26.8 Å². The molecule has 1 atom stereocenters. The van der Waals surface area contributed by atoms with Gasteiger partial charge in [0.05, 0.1) is 22.7 Å². The van der Waals surface area contributed by atoms with Crippen LogP contribution in [0.25, 0.3) is 0 Å². The Balaban J connectivity index is 2.40. The van der Waals surface area contributed by atoms with E-state index in [1.807, 2.05) is 26.0 Å². The summed E-state index contributed by atoms with van der Waals surface area (Å²) in [6.07, 6.45) is 1.09. The molecule has 0 aliphatic heterocycles. The zero-order chi connectivity index (χ0) is 18.8. The summed E-state index contributed by atoms with van der Waals surface area (Å²) in [6.45, 7) is 5.23. The van der Waals surface area contributed by atoms with Gasteiger partial charge in [-0.25, -0.2) is 8.42 Å². The number of hydrogen-bond acceptors (Lipinski definition) is 3. The van der Waals surface area contributed by atoms with Crippen molar-refractivity contribution in [3.05, 3.63) is 58.6 Å². The quantitative estimate of drug-likeness (QED) is 0.858. The predicted molar refractivity (Wildman–Crippen MR) is 103 cm³/mol. The standard InChI is InChI=1S/C18H21ClN2O3S/c1-12-9-10-13(2)17(11-12)21(25(4,23)24)14(3)18(22)20-16-8-6-5-7-15(16)19/h5-11,14H,1-4H3,(H,20,22)/t14-/m1/s1. The molecule has 2 aromatic carbocycles. The Morgan fingerprint density at radius 3 is 2.40 bits per heavy atom. The maximum atomic E-state index is 12.6. The molecule has 7 heteroatoms. The normalized spacial score (nSPS) is 12.5. The van der Waals surface area contributed by atoms with Gasteiger partial charge in [-0.1, -0.05) is 35.9 Å². The molecule has 0 bridgehead atoms. The molecule has 2 aromatic rings. The van der Waals surface area contributed by atoms with Crippen molar-refractivity contribution < 1.29 is 13.2 Å². The molecule has 1 amide bonds. The molecule has 134 valence electrons. The summed E-state index contributed by atoms with van der Waals surface area (Å²) in [7, 11) is -3.66. The number of hydrogen-bond donors (Lipinski definition) is 1. The number of carbonyl (C=O) groups is 1. The van der Waals surface area contributed by atoms with Crippen LogP contribution in [0.15, 0.2) is 42.5 Å². The van der Waals surface area contributed by atoms with Crippen molar-refractivity contribution in [2.75, 3.05) is 15.9 Å². The van der Waals surface area contributed by atoms with Crippen LogP contribution in [0.4, 0.5) is 11.4 Å². The van der Waals surface area contributed by atoms with Crippen molar-refractivity contribution in [3.63, 3.8) is 0 Å². The van der Waals surface area contributed by atoms with Gasteiger partial charge in [0, 0.05) is 0 Å². The number of carbonyl (C=O) groups excluding carboxylic acids is 1. The van der Waals surface area contributed by atoms with Gasteiger partial charge in [-0.3, -0.25) is 9.10 Å². The molecule has 2 rings (SSSR count). The number of para-hydroxylation sites is 1. The average Bonchev–Trinajstić information content (AvgIpc) is 2.51. The van der Waals surface area contributed by atoms with Crippen LogP contribution in [0.1, 0.15) is 18.1 Å². The number of amides is 1. The van der Waals surface area contributed by atoms with Crippen LogP contribution in [0.2, 0.25) is 5.02 Å². The van der Waals surface area contributed by atoms with Crippen LogP contribution >= 0.6 is 11.6 Å². The lowest BCUT2D eigenvalue weighted by Gasteiger charge is -2.29. The van der Waals surface area contributed by atoms with Crippen LogP contribution in [0.3, 0.4) is 0 Å². The van der Waals surface area contributed by atoms with Gasteiger partial charge < -0.3 is 5.32 Å². The second-order valence-corrected chi connectivity index (χ2v) is 8.26. The summed E-state index contributed by atoms with van der Waals surface area (Å²) in [5.41, 5.74) is 2.61. The van der Waals surface area contributed by atoms with Gasteiger partial charge in [-0.2, -0.15) is 0 Å². The Morgan fingerprint density at radius 2 is 1.80 bits per heavy atom. The van der Waals surface area contributed by atoms with Crippen molar-refractivity contribution in [1.29, 1.82) is 0 Å². The molecule has 0 aliphatic rings. The second kappa shape index (κ2) is 7.45. The van der Waals surface area contributed by atoms with Crippen LogP contribution in [-0.2, 0) is 14.8 Å². The number of rotatable bonds is 5. The van der Waals surface area contributed by atoms with Gasteiger partial charge >= 0.3 is 0 Å². The first-order valence-corrected chi connectivity index (χ1v) is 9.96. The molecule has 0 fully saturated rings. The molecule has 0 unspecified atom stereocenters. The lowest BCUT2D eigenvalue weighted by molar-refractivity contribution is -0.116. The summed E-state index contributed by atoms with van der Waals surface area (Å²) in [4.78, 5) is 12.6. The molecular weight excluding hydrogens is 360 g/mol. The Labute approximate surface area is 153 Å². The fourth-order valence-corrected chi connectivity index (χ4v) is 3.94. The van der Waals surface area contributed by atoms with E-state index in [1.165, 1.54) is 0 Å². The molecule has 5 nitrogen and oxygen atoms in total. The molecular formula is C18H21ClN2O3S. The highest BCUT2D eigenvalue weighted by Gasteiger charge is 2.30. The number of nitrogens with zero attached hydrogens (tertiary/aromatic N) is 1. The molecule has 1 N–H and O–H groups in total. The number of halogens is 1. The summed E-state index contributed by atoms with van der Waals surface area (Å²) in [5.74, 6) is -0.459. The minimum absolute atomic E-state index is 0.390. The van der Waals surface area contributed by atoms with Crippen molar-refractivity contribution >= 4 is 38.9 Å². The monoisotopic (exact) mass is 380 g/mol. The van der Waals surface area contributed by atoms with E-state index in [0.29, 0.717) is 16.4 Å². The van der Waals surface area contributed by atoms with Crippen molar-refractivity contribution in [2.24, 2.45) is 0 Å². The van der Waals surface area contributed by atoms with Crippen molar-refractivity contribution in [1.82, 2.24) is 0 Å². The maximum Gasteiger partial charge on any atom is 0.248 e. The Bertz CT molecular complexity index is 897. The van der Waals surface area contributed by atoms with Gasteiger partial charge in [-0.05, 0) is 50.1 Å². The maximum absolute atomic E-state index is 12.6. The number of anilines is 2. The van der Waals surface area contributed by atoms with Crippen LogP contribution in [0, 0.1) is 13.8 Å². The molecule has 0 saturated heterocycles. The van der Waals surface area contributed by atoms with E-state index in [4.69, 9.17) is 11.6 Å². The van der Waals surface area contributed by atoms with E-state index in [9.17, 15) is 13.2 Å². The molecule has 0 aromatic heterocycles. The fourth-order valence-electron chi connectivity index (χ4n) is 2.54. The largest absolute Gasteiger partial charge is 0.323 e. The number of sulfonamides is 1. The first-order chi connectivity index (χ1) is 11.6. The summed E-state index contributed by atoms with van der Waals surface area (Å²) in [6, 6.07) is 11.4. The Kier molecular flexibility index (Phi) is 5.75. The predicted octanol–water partition coefficient (Wildman–Crippen LogP) is 3.75. The first kappa shape index (κ1) is 19.3. The van der Waals surface area contributed by atoms with E-state index in [1.54, 1.807) is 37.3 Å². The fraction of sp³-hybridized carbons (Fsp3) is 0.278. The van der Waals surface area contributed by atoms with Crippen LogP contribution in [-0.4, -0.2) is 26.6 Å². The minimum atomic E-state index is -3.66. The minimum Gasteiger partial charge on any atom is -0.323 e. The smallest absolute Gasteiger partial charge is 0.248 e. The van der Waals surface area contributed by atoms with Crippen LogP contribution < -0.4 is 9.62 Å². The molecule has 0 radical (unpaired) electrons. The molecule has 0 aliphatic carbocycles.